The molecule has 0 radical (unpaired) electrons. The Hall–Kier alpha value is -2.00. The lowest BCUT2D eigenvalue weighted by molar-refractivity contribution is -0.144. The van der Waals surface area contributed by atoms with E-state index >= 15 is 0 Å². The van der Waals surface area contributed by atoms with Crippen molar-refractivity contribution in [3.05, 3.63) is 30.1 Å². The molecule has 1 aliphatic rings. The van der Waals surface area contributed by atoms with E-state index in [1.807, 2.05) is 0 Å². The van der Waals surface area contributed by atoms with Crippen LogP contribution in [0.1, 0.15) is 26.7 Å². The number of nitrogens with zero attached hydrogens (tertiary/aromatic N) is 1. The van der Waals surface area contributed by atoms with Crippen LogP contribution >= 0.6 is 0 Å². The van der Waals surface area contributed by atoms with Crippen LogP contribution in [0, 0.1) is 17.7 Å². The third kappa shape index (κ3) is 4.39. The first-order valence-corrected chi connectivity index (χ1v) is 9.86. The van der Waals surface area contributed by atoms with Gasteiger partial charge in [-0.3, -0.25) is 4.79 Å². The van der Waals surface area contributed by atoms with E-state index in [-0.39, 0.29) is 36.7 Å². The van der Waals surface area contributed by atoms with Crippen molar-refractivity contribution in [2.45, 2.75) is 37.6 Å². The number of carboxylic acid groups (broad SMARTS) is 1. The monoisotopic (exact) mass is 386 g/mol. The van der Waals surface area contributed by atoms with Crippen molar-refractivity contribution in [3.63, 3.8) is 0 Å². The molecule has 0 saturated carbocycles. The maximum absolute atomic E-state index is 13.8. The van der Waals surface area contributed by atoms with Crippen molar-refractivity contribution in [2.24, 2.45) is 11.8 Å². The predicted octanol–water partition coefficient (Wildman–Crippen LogP) is 1.45. The molecule has 0 bridgehead atoms. The molecule has 1 fully saturated rings. The molecule has 0 aliphatic carbocycles. The first-order valence-electron chi connectivity index (χ1n) is 8.42. The van der Waals surface area contributed by atoms with Gasteiger partial charge in [0, 0.05) is 19.0 Å². The minimum atomic E-state index is -3.96. The molecular formula is C17H23FN2O5S. The van der Waals surface area contributed by atoms with Crippen LogP contribution in [0.5, 0.6) is 0 Å². The standard InChI is InChI=1S/C17H23FN2O5S/c1-11(2)15(17(22)23)19-16(21)12-7-9-20(10-8-12)26(24,25)14-6-4-3-5-13(14)18/h3-6,11-12,15H,7-10H2,1-2H3,(H,19,21)(H,22,23). The zero-order valence-electron chi connectivity index (χ0n) is 14.7. The molecule has 7 nitrogen and oxygen atoms in total. The molecule has 1 heterocycles. The number of piperidine rings is 1. The fourth-order valence-electron chi connectivity index (χ4n) is 2.94. The second kappa shape index (κ2) is 8.13. The normalized spacial score (nSPS) is 17.8. The van der Waals surface area contributed by atoms with Gasteiger partial charge in [0.05, 0.1) is 0 Å². The summed E-state index contributed by atoms with van der Waals surface area (Å²) in [6.45, 7) is 3.55. The predicted molar refractivity (Wildman–Crippen MR) is 92.3 cm³/mol. The maximum atomic E-state index is 13.8. The summed E-state index contributed by atoms with van der Waals surface area (Å²) in [4.78, 5) is 23.1. The number of hydrogen-bond donors (Lipinski definition) is 2. The first kappa shape index (κ1) is 20.3. The Morgan fingerprint density at radius 1 is 1.23 bits per heavy atom. The van der Waals surface area contributed by atoms with Gasteiger partial charge in [0.1, 0.15) is 16.8 Å². The number of aliphatic carboxylic acids is 1. The van der Waals surface area contributed by atoms with Gasteiger partial charge in [-0.2, -0.15) is 4.31 Å². The minimum Gasteiger partial charge on any atom is -0.480 e. The smallest absolute Gasteiger partial charge is 0.326 e. The Balaban J connectivity index is 2.02. The Morgan fingerprint density at radius 3 is 2.31 bits per heavy atom. The molecule has 1 atom stereocenters. The van der Waals surface area contributed by atoms with Crippen LogP contribution in [0.3, 0.4) is 0 Å². The number of rotatable bonds is 6. The number of hydrogen-bond acceptors (Lipinski definition) is 4. The fraction of sp³-hybridized carbons (Fsp3) is 0.529. The summed E-state index contributed by atoms with van der Waals surface area (Å²) in [5.41, 5.74) is 0. The van der Waals surface area contributed by atoms with E-state index in [1.54, 1.807) is 13.8 Å². The molecule has 1 aliphatic heterocycles. The molecule has 1 unspecified atom stereocenters. The lowest BCUT2D eigenvalue weighted by atomic mass is 9.95. The first-order chi connectivity index (χ1) is 12.1. The number of sulfonamides is 1. The molecule has 0 aromatic heterocycles. The van der Waals surface area contributed by atoms with Crippen LogP contribution in [0.25, 0.3) is 0 Å². The van der Waals surface area contributed by atoms with Gasteiger partial charge >= 0.3 is 5.97 Å². The van der Waals surface area contributed by atoms with E-state index in [1.165, 1.54) is 18.2 Å². The number of amides is 1. The van der Waals surface area contributed by atoms with Gasteiger partial charge in [0.2, 0.25) is 15.9 Å². The largest absolute Gasteiger partial charge is 0.480 e. The van der Waals surface area contributed by atoms with Crippen molar-refractivity contribution >= 4 is 21.9 Å². The van der Waals surface area contributed by atoms with E-state index in [9.17, 15) is 22.4 Å². The molecule has 2 rings (SSSR count). The van der Waals surface area contributed by atoms with Crippen LogP contribution in [0.15, 0.2) is 29.2 Å². The second-order valence-electron chi connectivity index (χ2n) is 6.68. The number of carboxylic acids is 1. The summed E-state index contributed by atoms with van der Waals surface area (Å²) in [5.74, 6) is -3.05. The van der Waals surface area contributed by atoms with E-state index in [4.69, 9.17) is 5.11 Å². The number of halogens is 1. The van der Waals surface area contributed by atoms with Gasteiger partial charge in [0.15, 0.2) is 0 Å². The summed E-state index contributed by atoms with van der Waals surface area (Å²) < 4.78 is 40.1. The molecule has 2 N–H and O–H groups in total. The number of carbonyl (C=O) groups excluding carboxylic acids is 1. The van der Waals surface area contributed by atoms with Crippen molar-refractivity contribution in [2.75, 3.05) is 13.1 Å². The van der Waals surface area contributed by atoms with Gasteiger partial charge in [-0.15, -0.1) is 0 Å². The highest BCUT2D eigenvalue weighted by Gasteiger charge is 2.34. The summed E-state index contributed by atoms with van der Waals surface area (Å²) in [5, 5.41) is 11.7. The van der Waals surface area contributed by atoms with Gasteiger partial charge in [-0.25, -0.2) is 17.6 Å². The highest BCUT2D eigenvalue weighted by Crippen LogP contribution is 2.25. The van der Waals surface area contributed by atoms with E-state index in [0.717, 1.165) is 10.4 Å². The molecule has 0 spiro atoms. The second-order valence-corrected chi connectivity index (χ2v) is 8.58. The number of benzene rings is 1. The summed E-state index contributed by atoms with van der Waals surface area (Å²) >= 11 is 0. The average molecular weight is 386 g/mol. The van der Waals surface area contributed by atoms with E-state index < -0.39 is 39.7 Å². The van der Waals surface area contributed by atoms with Gasteiger partial charge in [-0.1, -0.05) is 26.0 Å². The Bertz CT molecular complexity index is 773. The molecule has 1 amide bonds. The average Bonchev–Trinajstić information content (AvgIpc) is 2.59. The quantitative estimate of drug-likeness (QED) is 0.770. The fourth-order valence-corrected chi connectivity index (χ4v) is 4.47. The molecule has 1 aromatic carbocycles. The van der Waals surface area contributed by atoms with Crippen molar-refractivity contribution in [1.29, 1.82) is 0 Å². The summed E-state index contributed by atoms with van der Waals surface area (Å²) in [6.07, 6.45) is 0.508. The lowest BCUT2D eigenvalue weighted by Gasteiger charge is -2.31. The van der Waals surface area contributed by atoms with Gasteiger partial charge in [0.25, 0.3) is 0 Å². The van der Waals surface area contributed by atoms with Crippen LogP contribution < -0.4 is 5.32 Å². The van der Waals surface area contributed by atoms with Crippen LogP contribution in [0.4, 0.5) is 4.39 Å². The Morgan fingerprint density at radius 2 is 1.81 bits per heavy atom. The number of nitrogens with one attached hydrogen (secondary N) is 1. The molecule has 1 aromatic rings. The van der Waals surface area contributed by atoms with Crippen molar-refractivity contribution in [1.82, 2.24) is 9.62 Å². The minimum absolute atomic E-state index is 0.0776. The molecule has 26 heavy (non-hydrogen) atoms. The van der Waals surface area contributed by atoms with Crippen LogP contribution in [-0.2, 0) is 19.6 Å². The third-order valence-corrected chi connectivity index (χ3v) is 6.44. The topological polar surface area (TPSA) is 104 Å². The Labute approximate surface area is 152 Å². The van der Waals surface area contributed by atoms with Gasteiger partial charge < -0.3 is 10.4 Å². The SMILES string of the molecule is CC(C)C(NC(=O)C1CCN(S(=O)(=O)c2ccccc2F)CC1)C(=O)O. The molecule has 144 valence electrons. The zero-order valence-corrected chi connectivity index (χ0v) is 15.5. The lowest BCUT2D eigenvalue weighted by Crippen LogP contribution is -2.49. The molecule has 9 heteroatoms. The van der Waals surface area contributed by atoms with Crippen LogP contribution in [0.2, 0.25) is 0 Å². The maximum Gasteiger partial charge on any atom is 0.326 e. The molecule has 1 saturated heterocycles. The van der Waals surface area contributed by atoms with Crippen molar-refractivity contribution < 1.29 is 27.5 Å². The van der Waals surface area contributed by atoms with E-state index in [0.29, 0.717) is 0 Å². The summed E-state index contributed by atoms with van der Waals surface area (Å²) in [6, 6.07) is 4.18. The number of carbonyl (C=O) groups is 2. The zero-order chi connectivity index (χ0) is 19.5. The summed E-state index contributed by atoms with van der Waals surface area (Å²) in [7, 11) is -3.96. The van der Waals surface area contributed by atoms with Crippen molar-refractivity contribution in [3.8, 4) is 0 Å². The third-order valence-electron chi connectivity index (χ3n) is 4.51. The highest BCUT2D eigenvalue weighted by atomic mass is 32.2. The molecular weight excluding hydrogens is 363 g/mol. The highest BCUT2D eigenvalue weighted by molar-refractivity contribution is 7.89. The Kier molecular flexibility index (Phi) is 6.35. The van der Waals surface area contributed by atoms with Crippen LogP contribution in [-0.4, -0.2) is 48.8 Å². The van der Waals surface area contributed by atoms with E-state index in [2.05, 4.69) is 5.32 Å². The van der Waals surface area contributed by atoms with Gasteiger partial charge in [-0.05, 0) is 30.9 Å².